The fourth-order valence-electron chi connectivity index (χ4n) is 2.35. The van der Waals surface area contributed by atoms with Crippen molar-refractivity contribution in [3.05, 3.63) is 0 Å². The first kappa shape index (κ1) is 14.9. The molecule has 0 amide bonds. The van der Waals surface area contributed by atoms with Gasteiger partial charge in [-0.15, -0.1) is 0 Å². The molecule has 2 aliphatic heterocycles. The molecule has 0 bridgehead atoms. The van der Waals surface area contributed by atoms with Gasteiger partial charge in [0.2, 0.25) is 0 Å². The van der Waals surface area contributed by atoms with E-state index >= 15 is 0 Å². The number of rotatable bonds is 2. The summed E-state index contributed by atoms with van der Waals surface area (Å²) in [5.74, 6) is 0. The molecule has 4 nitrogen and oxygen atoms in total. The van der Waals surface area contributed by atoms with Crippen molar-refractivity contribution in [1.29, 1.82) is 0 Å². The highest BCUT2D eigenvalue weighted by Crippen LogP contribution is 2.31. The minimum absolute atomic E-state index is 1.23. The van der Waals surface area contributed by atoms with E-state index in [-0.39, 0.29) is 0 Å². The van der Waals surface area contributed by atoms with Crippen LogP contribution in [0.15, 0.2) is 0 Å². The quantitative estimate of drug-likeness (QED) is 0.330. The number of likely N-dealkylation sites (N-methyl/N-ethyl adjacent to an activating group) is 2. The lowest BCUT2D eigenvalue weighted by atomic mass is 10.4. The van der Waals surface area contributed by atoms with E-state index in [0.717, 1.165) is 0 Å². The fourth-order valence-corrected chi connectivity index (χ4v) is 10.0. The summed E-state index contributed by atoms with van der Waals surface area (Å²) < 4.78 is 4.12. The van der Waals surface area contributed by atoms with Gasteiger partial charge in [0.25, 0.3) is 0 Å². The monoisotopic (exact) mass is 480 g/mol. The lowest BCUT2D eigenvalue weighted by Gasteiger charge is -2.46. The highest BCUT2D eigenvalue weighted by atomic mass is 127. The van der Waals surface area contributed by atoms with E-state index in [4.69, 9.17) is 0 Å². The fraction of sp³-hybridized carbons (Fsp3) is 1.00. The number of piperazine rings is 2. The maximum absolute atomic E-state index is 2.77. The number of halogens is 2. The van der Waals surface area contributed by atoms with Gasteiger partial charge in [-0.25, -0.2) is 0 Å². The van der Waals surface area contributed by atoms with Crippen LogP contribution >= 0.6 is 43.6 Å². The zero-order chi connectivity index (χ0) is 12.5. The summed E-state index contributed by atoms with van der Waals surface area (Å²) in [7, 11) is 4.47. The van der Waals surface area contributed by atoms with E-state index in [0.29, 0.717) is 0 Å². The van der Waals surface area contributed by atoms with Gasteiger partial charge in [0.05, 0.1) is 0 Å². The van der Waals surface area contributed by atoms with Crippen molar-refractivity contribution < 1.29 is 0 Å². The van der Waals surface area contributed by atoms with Crippen molar-refractivity contribution >= 4 is 47.0 Å². The van der Waals surface area contributed by atoms with Crippen LogP contribution in [0.1, 0.15) is 0 Å². The maximum atomic E-state index is 2.77. The summed E-state index contributed by atoms with van der Waals surface area (Å²) in [6.45, 7) is 9.93. The van der Waals surface area contributed by atoms with Gasteiger partial charge < -0.3 is 9.80 Å². The van der Waals surface area contributed by atoms with E-state index in [9.17, 15) is 0 Å². The summed E-state index contributed by atoms with van der Waals surface area (Å²) in [5, 5.41) is 0. The van der Waals surface area contributed by atoms with Crippen molar-refractivity contribution in [1.82, 2.24) is 18.9 Å². The average Bonchev–Trinajstić information content (AvgIpc) is 2.30. The number of hydrogen-bond donors (Lipinski definition) is 0. The Balaban J connectivity index is 1.93. The molecular weight excluding hydrogens is 458 g/mol. The normalized spacial score (nSPS) is 27.5. The summed E-state index contributed by atoms with van der Waals surface area (Å²) in [6, 6.07) is 0. The third-order valence-corrected chi connectivity index (χ3v) is 14.4. The van der Waals surface area contributed by atoms with Crippen LogP contribution in [0, 0.1) is 0 Å². The Bertz CT molecular complexity index is 227. The van der Waals surface area contributed by atoms with Crippen LogP contribution in [0.25, 0.3) is 0 Å². The minimum atomic E-state index is -1.41. The molecule has 0 aliphatic carbocycles. The van der Waals surface area contributed by atoms with Crippen LogP contribution in [0.3, 0.4) is 0 Å². The molecule has 0 aromatic heterocycles. The number of hydrogen-bond acceptors (Lipinski definition) is 4. The summed E-state index contributed by atoms with van der Waals surface area (Å²) in [5.41, 5.74) is 0. The van der Waals surface area contributed by atoms with Gasteiger partial charge in [-0.1, -0.05) is 43.6 Å². The van der Waals surface area contributed by atoms with Crippen LogP contribution < -0.4 is 0 Å². The molecule has 0 unspecified atom stereocenters. The molecule has 0 saturated carbocycles. The van der Waals surface area contributed by atoms with Crippen LogP contribution in [0.5, 0.6) is 0 Å². The molecule has 0 atom stereocenters. The van der Waals surface area contributed by atoms with Crippen molar-refractivity contribution in [3.63, 3.8) is 0 Å². The molecule has 2 aliphatic rings. The number of nitrogens with zero attached hydrogens (tertiary/aromatic N) is 4. The van der Waals surface area contributed by atoms with Gasteiger partial charge in [-0.05, 0) is 14.1 Å². The molecule has 2 fully saturated rings. The Morgan fingerprint density at radius 3 is 1.24 bits per heavy atom. The van der Waals surface area contributed by atoms with Gasteiger partial charge >= 0.3 is 3.39 Å². The van der Waals surface area contributed by atoms with Crippen molar-refractivity contribution in [2.24, 2.45) is 0 Å². The SMILES string of the molecule is CN1CCN([Si](I)(I)N2CCN(C)CC2)CC1. The predicted molar refractivity (Wildman–Crippen MR) is 91.9 cm³/mol. The van der Waals surface area contributed by atoms with E-state index < -0.39 is 3.39 Å². The van der Waals surface area contributed by atoms with Crippen molar-refractivity contribution in [3.8, 4) is 0 Å². The predicted octanol–water partition coefficient (Wildman–Crippen LogP) is 0.787. The highest BCUT2D eigenvalue weighted by Gasteiger charge is 2.43. The Labute approximate surface area is 131 Å². The summed E-state index contributed by atoms with van der Waals surface area (Å²) in [4.78, 5) is 4.89. The molecule has 17 heavy (non-hydrogen) atoms. The molecule has 0 N–H and O–H groups in total. The van der Waals surface area contributed by atoms with Crippen molar-refractivity contribution in [2.75, 3.05) is 66.5 Å². The average molecular weight is 480 g/mol. The first-order valence-electron chi connectivity index (χ1n) is 6.25. The molecule has 2 saturated heterocycles. The zero-order valence-electron chi connectivity index (χ0n) is 10.7. The lowest BCUT2D eigenvalue weighted by molar-refractivity contribution is 0.186. The van der Waals surface area contributed by atoms with Gasteiger partial charge in [-0.2, -0.15) is 0 Å². The highest BCUT2D eigenvalue weighted by molar-refractivity contribution is 14.3. The first-order valence-corrected chi connectivity index (χ1v) is 14.4. The minimum Gasteiger partial charge on any atom is -0.304 e. The zero-order valence-corrected chi connectivity index (χ0v) is 16.0. The molecule has 100 valence electrons. The molecule has 7 heteroatoms. The molecule has 0 aromatic carbocycles. The molecule has 0 spiro atoms. The summed E-state index contributed by atoms with van der Waals surface area (Å²) in [6.07, 6.45) is 0. The van der Waals surface area contributed by atoms with Gasteiger partial charge in [0.1, 0.15) is 0 Å². The third kappa shape index (κ3) is 3.75. The topological polar surface area (TPSA) is 13.0 Å². The van der Waals surface area contributed by atoms with Crippen molar-refractivity contribution in [2.45, 2.75) is 0 Å². The van der Waals surface area contributed by atoms with E-state index in [1.54, 1.807) is 0 Å². The second-order valence-electron chi connectivity index (χ2n) is 5.09. The van der Waals surface area contributed by atoms with E-state index in [1.807, 2.05) is 0 Å². The second kappa shape index (κ2) is 6.31. The Hall–Kier alpha value is 1.52. The molecule has 2 heterocycles. The van der Waals surface area contributed by atoms with E-state index in [2.05, 4.69) is 76.6 Å². The second-order valence-corrected chi connectivity index (χ2v) is 22.6. The maximum Gasteiger partial charge on any atom is 0.343 e. The Kier molecular flexibility index (Phi) is 5.54. The molecule has 0 radical (unpaired) electrons. The van der Waals surface area contributed by atoms with Crippen LogP contribution in [-0.4, -0.2) is 88.8 Å². The van der Waals surface area contributed by atoms with Crippen LogP contribution in [0.2, 0.25) is 0 Å². The first-order chi connectivity index (χ1) is 8.00. The lowest BCUT2D eigenvalue weighted by Crippen LogP contribution is -2.65. The summed E-state index contributed by atoms with van der Waals surface area (Å²) >= 11 is 5.54. The van der Waals surface area contributed by atoms with Gasteiger partial charge in [0.15, 0.2) is 0 Å². The van der Waals surface area contributed by atoms with E-state index in [1.165, 1.54) is 52.4 Å². The Morgan fingerprint density at radius 2 is 0.941 bits per heavy atom. The third-order valence-electron chi connectivity index (χ3n) is 3.77. The molecular formula is C10H22I2N4Si. The van der Waals surface area contributed by atoms with Gasteiger partial charge in [-0.3, -0.25) is 9.13 Å². The largest absolute Gasteiger partial charge is 0.343 e. The molecule has 0 aromatic rings. The smallest absolute Gasteiger partial charge is 0.304 e. The van der Waals surface area contributed by atoms with Crippen LogP contribution in [-0.2, 0) is 0 Å². The van der Waals surface area contributed by atoms with Crippen LogP contribution in [0.4, 0.5) is 0 Å². The van der Waals surface area contributed by atoms with Gasteiger partial charge in [0, 0.05) is 52.4 Å². The molecule has 2 rings (SSSR count). The Morgan fingerprint density at radius 1 is 0.647 bits per heavy atom. The standard InChI is InChI=1S/C10H22I2N4Si/c1-13-3-7-15(8-4-13)17(11,12)16-9-5-14(2)6-10-16/h3-10H2,1-2H3.